The predicted molar refractivity (Wildman–Crippen MR) is 79.6 cm³/mol. The Morgan fingerprint density at radius 2 is 2.00 bits per heavy atom. The number of amidine groups is 1. The molecule has 2 unspecified atom stereocenters. The highest BCUT2D eigenvalue weighted by Gasteiger charge is 2.47. The lowest BCUT2D eigenvalue weighted by atomic mass is 9.80. The van der Waals surface area contributed by atoms with Crippen molar-refractivity contribution in [1.82, 2.24) is 5.32 Å². The smallest absolute Gasteiger partial charge is 0.285 e. The van der Waals surface area contributed by atoms with E-state index < -0.39 is 0 Å². The highest BCUT2D eigenvalue weighted by molar-refractivity contribution is 5.75. The minimum absolute atomic E-state index is 0.561. The van der Waals surface area contributed by atoms with Crippen molar-refractivity contribution in [3.05, 3.63) is 35.9 Å². The van der Waals surface area contributed by atoms with Gasteiger partial charge in [-0.2, -0.15) is 0 Å². The van der Waals surface area contributed by atoms with Gasteiger partial charge in [0.15, 0.2) is 0 Å². The predicted octanol–water partition coefficient (Wildman–Crippen LogP) is 2.62. The fraction of sp³-hybridized carbons (Fsp3) is 0.588. The second-order valence-electron chi connectivity index (χ2n) is 6.39. The summed E-state index contributed by atoms with van der Waals surface area (Å²) in [6.07, 6.45) is 5.37. The average Bonchev–Trinajstić information content (AvgIpc) is 3.20. The Hall–Kier alpha value is -1.51. The van der Waals surface area contributed by atoms with Crippen LogP contribution in [-0.4, -0.2) is 25.2 Å². The highest BCUT2D eigenvalue weighted by atomic mass is 16.5. The van der Waals surface area contributed by atoms with Crippen molar-refractivity contribution in [1.29, 1.82) is 0 Å². The molecule has 0 saturated heterocycles. The normalized spacial score (nSPS) is 34.9. The molecule has 1 N–H and O–H groups in total. The molecule has 1 aromatic rings. The van der Waals surface area contributed by atoms with Gasteiger partial charge in [0.2, 0.25) is 0 Å². The first-order valence-corrected chi connectivity index (χ1v) is 7.88. The summed E-state index contributed by atoms with van der Waals surface area (Å²) in [6.45, 7) is 1.55. The molecule has 2 saturated carbocycles. The molecule has 3 aliphatic rings. The SMILES string of the molecule is c1ccc(C[C@H]2C3CCC(C3)[C@H]2NC2=NCCO2)cc1. The zero-order valence-electron chi connectivity index (χ0n) is 11.8. The van der Waals surface area contributed by atoms with Crippen LogP contribution in [0.3, 0.4) is 0 Å². The Kier molecular flexibility index (Phi) is 3.13. The van der Waals surface area contributed by atoms with Crippen LogP contribution in [0.5, 0.6) is 0 Å². The standard InChI is InChI=1S/C17H22N2O/c1-2-4-12(5-3-1)10-15-13-6-7-14(11-13)16(15)19-17-18-8-9-20-17/h1-5,13-16H,6-11H2,(H,18,19)/t13?,14?,15-,16+/m0/s1. The van der Waals surface area contributed by atoms with Crippen molar-refractivity contribution in [3.63, 3.8) is 0 Å². The van der Waals surface area contributed by atoms with Gasteiger partial charge in [0.05, 0.1) is 6.54 Å². The molecule has 3 nitrogen and oxygen atoms in total. The average molecular weight is 270 g/mol. The first-order valence-electron chi connectivity index (χ1n) is 7.88. The lowest BCUT2D eigenvalue weighted by molar-refractivity contribution is 0.247. The summed E-state index contributed by atoms with van der Waals surface area (Å²) in [7, 11) is 0. The van der Waals surface area contributed by atoms with Gasteiger partial charge in [-0.25, -0.2) is 4.99 Å². The third-order valence-electron chi connectivity index (χ3n) is 5.28. The summed E-state index contributed by atoms with van der Waals surface area (Å²) in [5.41, 5.74) is 1.46. The van der Waals surface area contributed by atoms with E-state index in [1.54, 1.807) is 0 Å². The molecule has 20 heavy (non-hydrogen) atoms. The van der Waals surface area contributed by atoms with Gasteiger partial charge in [-0.15, -0.1) is 0 Å². The largest absolute Gasteiger partial charge is 0.463 e. The number of ether oxygens (including phenoxy) is 1. The van der Waals surface area contributed by atoms with Crippen molar-refractivity contribution in [3.8, 4) is 0 Å². The maximum absolute atomic E-state index is 5.56. The molecule has 3 heteroatoms. The van der Waals surface area contributed by atoms with Crippen molar-refractivity contribution < 1.29 is 4.74 Å². The van der Waals surface area contributed by atoms with Gasteiger partial charge in [0.25, 0.3) is 6.02 Å². The van der Waals surface area contributed by atoms with Crippen LogP contribution < -0.4 is 5.32 Å². The van der Waals surface area contributed by atoms with E-state index in [1.165, 1.54) is 31.2 Å². The van der Waals surface area contributed by atoms with Gasteiger partial charge in [-0.05, 0) is 49.0 Å². The molecule has 1 heterocycles. The van der Waals surface area contributed by atoms with Crippen molar-refractivity contribution >= 4 is 6.02 Å². The van der Waals surface area contributed by atoms with Crippen molar-refractivity contribution in [2.24, 2.45) is 22.7 Å². The van der Waals surface area contributed by atoms with Gasteiger partial charge >= 0.3 is 0 Å². The molecule has 2 aliphatic carbocycles. The maximum atomic E-state index is 5.56. The molecule has 0 aromatic heterocycles. The molecule has 0 radical (unpaired) electrons. The first kappa shape index (κ1) is 12.2. The molecule has 1 aliphatic heterocycles. The first-order chi connectivity index (χ1) is 9.90. The Labute approximate surface area is 120 Å². The minimum Gasteiger partial charge on any atom is -0.463 e. The second kappa shape index (κ2) is 5.12. The number of hydrogen-bond donors (Lipinski definition) is 1. The van der Waals surface area contributed by atoms with Crippen LogP contribution in [0.15, 0.2) is 35.3 Å². The molecule has 2 fully saturated rings. The number of aliphatic imine (C=N–C) groups is 1. The number of nitrogens with zero attached hydrogens (tertiary/aromatic N) is 1. The molecule has 4 rings (SSSR count). The third kappa shape index (κ3) is 2.19. The zero-order valence-corrected chi connectivity index (χ0v) is 11.8. The van der Waals surface area contributed by atoms with Crippen LogP contribution in [0.1, 0.15) is 24.8 Å². The topological polar surface area (TPSA) is 33.6 Å². The molecule has 0 spiro atoms. The van der Waals surface area contributed by atoms with Crippen molar-refractivity contribution in [2.45, 2.75) is 31.7 Å². The molecule has 1 aromatic carbocycles. The fourth-order valence-electron chi connectivity index (χ4n) is 4.38. The van der Waals surface area contributed by atoms with Gasteiger partial charge in [-0.3, -0.25) is 0 Å². The van der Waals surface area contributed by atoms with E-state index in [9.17, 15) is 0 Å². The maximum Gasteiger partial charge on any atom is 0.285 e. The van der Waals surface area contributed by atoms with Gasteiger partial charge in [0.1, 0.15) is 6.61 Å². The zero-order chi connectivity index (χ0) is 13.4. The van der Waals surface area contributed by atoms with Crippen LogP contribution in [-0.2, 0) is 11.2 Å². The molecular formula is C17H22N2O. The van der Waals surface area contributed by atoms with E-state index in [4.69, 9.17) is 4.74 Å². The number of hydrogen-bond acceptors (Lipinski definition) is 3. The summed E-state index contributed by atoms with van der Waals surface area (Å²) in [5, 5.41) is 3.61. The van der Waals surface area contributed by atoms with Gasteiger partial charge < -0.3 is 10.1 Å². The van der Waals surface area contributed by atoms with Crippen LogP contribution in [0, 0.1) is 17.8 Å². The van der Waals surface area contributed by atoms with E-state index in [2.05, 4.69) is 40.6 Å². The molecule has 106 valence electrons. The summed E-state index contributed by atoms with van der Waals surface area (Å²) in [5.74, 6) is 2.45. The van der Waals surface area contributed by atoms with Crippen LogP contribution in [0.25, 0.3) is 0 Å². The molecule has 2 bridgehead atoms. The molecule has 4 atom stereocenters. The number of benzene rings is 1. The van der Waals surface area contributed by atoms with Crippen LogP contribution >= 0.6 is 0 Å². The minimum atomic E-state index is 0.561. The highest BCUT2D eigenvalue weighted by Crippen LogP contribution is 2.49. The van der Waals surface area contributed by atoms with E-state index in [0.717, 1.165) is 36.9 Å². The van der Waals surface area contributed by atoms with Crippen LogP contribution in [0.2, 0.25) is 0 Å². The monoisotopic (exact) mass is 270 g/mol. The number of rotatable bonds is 3. The Balaban J connectivity index is 1.50. The van der Waals surface area contributed by atoms with Gasteiger partial charge in [-0.1, -0.05) is 30.3 Å². The van der Waals surface area contributed by atoms with E-state index in [1.807, 2.05) is 0 Å². The van der Waals surface area contributed by atoms with Crippen molar-refractivity contribution in [2.75, 3.05) is 13.2 Å². The quantitative estimate of drug-likeness (QED) is 0.916. The Bertz CT molecular complexity index is 499. The van der Waals surface area contributed by atoms with Gasteiger partial charge in [0, 0.05) is 6.04 Å². The summed E-state index contributed by atoms with van der Waals surface area (Å²) in [4.78, 5) is 4.41. The number of fused-ring (bicyclic) bond motifs is 2. The second-order valence-corrected chi connectivity index (χ2v) is 6.39. The lowest BCUT2D eigenvalue weighted by Gasteiger charge is -2.32. The Morgan fingerprint density at radius 3 is 2.80 bits per heavy atom. The van der Waals surface area contributed by atoms with E-state index in [0.29, 0.717) is 6.04 Å². The fourth-order valence-corrected chi connectivity index (χ4v) is 4.38. The lowest BCUT2D eigenvalue weighted by Crippen LogP contribution is -2.44. The summed E-state index contributed by atoms with van der Waals surface area (Å²) in [6, 6.07) is 12.3. The molecule has 0 amide bonds. The summed E-state index contributed by atoms with van der Waals surface area (Å²) >= 11 is 0. The molecular weight excluding hydrogens is 248 g/mol. The number of nitrogens with one attached hydrogen (secondary N) is 1. The Morgan fingerprint density at radius 1 is 1.15 bits per heavy atom. The van der Waals surface area contributed by atoms with Crippen LogP contribution in [0.4, 0.5) is 0 Å². The summed E-state index contributed by atoms with van der Waals surface area (Å²) < 4.78 is 5.56. The van der Waals surface area contributed by atoms with E-state index in [-0.39, 0.29) is 0 Å². The van der Waals surface area contributed by atoms with E-state index >= 15 is 0 Å². The third-order valence-corrected chi connectivity index (χ3v) is 5.28.